The van der Waals surface area contributed by atoms with Gasteiger partial charge in [0.2, 0.25) is 5.91 Å². The molecule has 2 rings (SSSR count). The van der Waals surface area contributed by atoms with E-state index in [1.165, 1.54) is 0 Å². The minimum absolute atomic E-state index is 0.000814. The van der Waals surface area contributed by atoms with Gasteiger partial charge in [0.15, 0.2) is 0 Å². The second-order valence-electron chi connectivity index (χ2n) is 5.07. The SMILES string of the molecule is Cc1ccccc1C1NC(=O)CC1NC(=O)C(C)(F)F. The Morgan fingerprint density at radius 1 is 1.40 bits per heavy atom. The summed E-state index contributed by atoms with van der Waals surface area (Å²) in [7, 11) is 0. The maximum absolute atomic E-state index is 13.0. The van der Waals surface area contributed by atoms with Crippen LogP contribution in [0.4, 0.5) is 8.78 Å². The number of nitrogens with one attached hydrogen (secondary N) is 2. The molecule has 6 heteroatoms. The topological polar surface area (TPSA) is 58.2 Å². The minimum Gasteiger partial charge on any atom is -0.347 e. The molecule has 0 aromatic heterocycles. The molecule has 1 aliphatic rings. The van der Waals surface area contributed by atoms with E-state index < -0.39 is 23.9 Å². The van der Waals surface area contributed by atoms with Crippen LogP contribution >= 0.6 is 0 Å². The normalized spacial score (nSPS) is 22.5. The molecule has 1 saturated heterocycles. The molecule has 2 amide bonds. The number of rotatable bonds is 3. The fourth-order valence-corrected chi connectivity index (χ4v) is 2.31. The minimum atomic E-state index is -3.46. The van der Waals surface area contributed by atoms with Crippen molar-refractivity contribution in [1.82, 2.24) is 10.6 Å². The number of hydrogen-bond acceptors (Lipinski definition) is 2. The van der Waals surface area contributed by atoms with Gasteiger partial charge in [-0.2, -0.15) is 8.78 Å². The van der Waals surface area contributed by atoms with Gasteiger partial charge in [0.1, 0.15) is 0 Å². The number of carbonyl (C=O) groups is 2. The van der Waals surface area contributed by atoms with Crippen LogP contribution in [-0.2, 0) is 9.59 Å². The van der Waals surface area contributed by atoms with E-state index in [0.29, 0.717) is 6.92 Å². The maximum atomic E-state index is 13.0. The fourth-order valence-electron chi connectivity index (χ4n) is 2.31. The summed E-state index contributed by atoms with van der Waals surface area (Å²) >= 11 is 0. The van der Waals surface area contributed by atoms with Crippen LogP contribution in [0.2, 0.25) is 0 Å². The summed E-state index contributed by atoms with van der Waals surface area (Å²) in [4.78, 5) is 22.9. The molecule has 20 heavy (non-hydrogen) atoms. The molecular formula is C14H16F2N2O2. The van der Waals surface area contributed by atoms with Crippen molar-refractivity contribution >= 4 is 11.8 Å². The predicted molar refractivity (Wildman–Crippen MR) is 69.2 cm³/mol. The van der Waals surface area contributed by atoms with E-state index in [2.05, 4.69) is 10.6 Å². The number of hydrogen-bond donors (Lipinski definition) is 2. The lowest BCUT2D eigenvalue weighted by Crippen LogP contribution is -2.45. The Balaban J connectivity index is 2.22. The zero-order valence-corrected chi connectivity index (χ0v) is 11.2. The van der Waals surface area contributed by atoms with Gasteiger partial charge in [-0.15, -0.1) is 0 Å². The van der Waals surface area contributed by atoms with Crippen molar-refractivity contribution in [1.29, 1.82) is 0 Å². The lowest BCUT2D eigenvalue weighted by molar-refractivity contribution is -0.143. The molecule has 4 nitrogen and oxygen atoms in total. The molecule has 0 spiro atoms. The molecule has 0 radical (unpaired) electrons. The van der Waals surface area contributed by atoms with Crippen molar-refractivity contribution in [3.05, 3.63) is 35.4 Å². The molecule has 1 aliphatic heterocycles. The molecular weight excluding hydrogens is 266 g/mol. The van der Waals surface area contributed by atoms with E-state index in [4.69, 9.17) is 0 Å². The van der Waals surface area contributed by atoms with Crippen LogP contribution in [0.5, 0.6) is 0 Å². The summed E-state index contributed by atoms with van der Waals surface area (Å²) in [6, 6.07) is 6.20. The van der Waals surface area contributed by atoms with Crippen molar-refractivity contribution in [2.45, 2.75) is 38.3 Å². The summed E-state index contributed by atoms with van der Waals surface area (Å²) in [6.07, 6.45) is 0.000814. The average molecular weight is 282 g/mol. The lowest BCUT2D eigenvalue weighted by atomic mass is 9.96. The summed E-state index contributed by atoms with van der Waals surface area (Å²) in [5, 5.41) is 4.97. The highest BCUT2D eigenvalue weighted by Gasteiger charge is 2.40. The Kier molecular flexibility index (Phi) is 3.74. The molecule has 2 N–H and O–H groups in total. The third-order valence-corrected chi connectivity index (χ3v) is 3.36. The first-order valence-electron chi connectivity index (χ1n) is 6.32. The zero-order chi connectivity index (χ0) is 14.9. The van der Waals surface area contributed by atoms with Crippen molar-refractivity contribution in [2.75, 3.05) is 0 Å². The average Bonchev–Trinajstić information content (AvgIpc) is 2.69. The number of alkyl halides is 2. The molecule has 1 heterocycles. The summed E-state index contributed by atoms with van der Waals surface area (Å²) in [6.45, 7) is 2.41. The van der Waals surface area contributed by atoms with Crippen molar-refractivity contribution < 1.29 is 18.4 Å². The Hall–Kier alpha value is -1.98. The van der Waals surface area contributed by atoms with Gasteiger partial charge in [-0.3, -0.25) is 9.59 Å². The molecule has 1 aromatic rings. The van der Waals surface area contributed by atoms with Crippen LogP contribution < -0.4 is 10.6 Å². The van der Waals surface area contributed by atoms with E-state index in [-0.39, 0.29) is 12.3 Å². The monoisotopic (exact) mass is 282 g/mol. The Morgan fingerprint density at radius 2 is 2.05 bits per heavy atom. The van der Waals surface area contributed by atoms with Crippen molar-refractivity contribution in [3.8, 4) is 0 Å². The molecule has 0 saturated carbocycles. The molecule has 108 valence electrons. The Labute approximate surface area is 115 Å². The maximum Gasteiger partial charge on any atom is 0.321 e. The highest BCUT2D eigenvalue weighted by atomic mass is 19.3. The fraction of sp³-hybridized carbons (Fsp3) is 0.429. The van der Waals surface area contributed by atoms with Gasteiger partial charge in [0.05, 0.1) is 12.1 Å². The van der Waals surface area contributed by atoms with Gasteiger partial charge in [-0.05, 0) is 18.1 Å². The van der Waals surface area contributed by atoms with Crippen molar-refractivity contribution in [3.63, 3.8) is 0 Å². The molecule has 2 unspecified atom stereocenters. The van der Waals surface area contributed by atoms with Crippen LogP contribution in [0, 0.1) is 6.92 Å². The van der Waals surface area contributed by atoms with E-state index >= 15 is 0 Å². The number of benzene rings is 1. The zero-order valence-electron chi connectivity index (χ0n) is 11.2. The molecule has 0 aliphatic carbocycles. The van der Waals surface area contributed by atoms with Crippen LogP contribution in [0.1, 0.15) is 30.5 Å². The summed E-state index contributed by atoms with van der Waals surface area (Å²) in [5.74, 6) is -5.08. The van der Waals surface area contributed by atoms with Gasteiger partial charge in [-0.25, -0.2) is 0 Å². The molecule has 2 atom stereocenters. The predicted octanol–water partition coefficient (Wildman–Crippen LogP) is 1.70. The van der Waals surface area contributed by atoms with Gasteiger partial charge in [0.25, 0.3) is 5.91 Å². The molecule has 1 aromatic carbocycles. The van der Waals surface area contributed by atoms with Crippen LogP contribution in [0.25, 0.3) is 0 Å². The number of carbonyl (C=O) groups excluding carboxylic acids is 2. The van der Waals surface area contributed by atoms with Crippen molar-refractivity contribution in [2.24, 2.45) is 0 Å². The number of aryl methyl sites for hydroxylation is 1. The van der Waals surface area contributed by atoms with E-state index in [1.54, 1.807) is 6.07 Å². The summed E-state index contributed by atoms with van der Waals surface area (Å²) < 4.78 is 25.9. The molecule has 1 fully saturated rings. The van der Waals surface area contributed by atoms with Gasteiger partial charge in [-0.1, -0.05) is 24.3 Å². The standard InChI is InChI=1S/C14H16F2N2O2/c1-8-5-3-4-6-9(8)12-10(7-11(19)18-12)17-13(20)14(2,15)16/h3-6,10,12H,7H2,1-2H3,(H,17,20)(H,18,19). The second kappa shape index (κ2) is 5.19. The largest absolute Gasteiger partial charge is 0.347 e. The molecule has 0 bridgehead atoms. The second-order valence-corrected chi connectivity index (χ2v) is 5.07. The number of halogens is 2. The highest BCUT2D eigenvalue weighted by molar-refractivity contribution is 5.86. The van der Waals surface area contributed by atoms with Gasteiger partial charge >= 0.3 is 5.92 Å². The lowest BCUT2D eigenvalue weighted by Gasteiger charge is -2.23. The van der Waals surface area contributed by atoms with E-state index in [1.807, 2.05) is 25.1 Å². The third kappa shape index (κ3) is 2.95. The van der Waals surface area contributed by atoms with Gasteiger partial charge < -0.3 is 10.6 Å². The van der Waals surface area contributed by atoms with Crippen LogP contribution in [0.15, 0.2) is 24.3 Å². The first-order chi connectivity index (χ1) is 9.29. The Bertz CT molecular complexity index is 540. The summed E-state index contributed by atoms with van der Waals surface area (Å²) in [5.41, 5.74) is 1.75. The first kappa shape index (κ1) is 14.4. The van der Waals surface area contributed by atoms with Crippen LogP contribution in [0.3, 0.4) is 0 Å². The first-order valence-corrected chi connectivity index (χ1v) is 6.32. The highest BCUT2D eigenvalue weighted by Crippen LogP contribution is 2.27. The Morgan fingerprint density at radius 3 is 2.65 bits per heavy atom. The van der Waals surface area contributed by atoms with E-state index in [9.17, 15) is 18.4 Å². The third-order valence-electron chi connectivity index (χ3n) is 3.36. The van der Waals surface area contributed by atoms with E-state index in [0.717, 1.165) is 11.1 Å². The van der Waals surface area contributed by atoms with Crippen LogP contribution in [-0.4, -0.2) is 23.8 Å². The smallest absolute Gasteiger partial charge is 0.321 e. The quantitative estimate of drug-likeness (QED) is 0.886. The van der Waals surface area contributed by atoms with Gasteiger partial charge in [0, 0.05) is 13.3 Å². The number of amides is 2.